The Labute approximate surface area is 170 Å². The largest absolute Gasteiger partial charge is 0.497 e. The molecule has 0 fully saturated rings. The molecule has 154 valence electrons. The average Bonchev–Trinajstić information content (AvgIpc) is 2.75. The predicted octanol–water partition coefficient (Wildman–Crippen LogP) is 3.21. The molecule has 0 heterocycles. The number of hydrogen-bond acceptors (Lipinski definition) is 5. The highest BCUT2D eigenvalue weighted by Crippen LogP contribution is 2.23. The predicted molar refractivity (Wildman–Crippen MR) is 112 cm³/mol. The second-order valence-corrected chi connectivity index (χ2v) is 6.11. The zero-order valence-corrected chi connectivity index (χ0v) is 17.1. The van der Waals surface area contributed by atoms with E-state index in [9.17, 15) is 9.59 Å². The number of hydrogen-bond donors (Lipinski definition) is 1. The number of anilines is 1. The van der Waals surface area contributed by atoms with Gasteiger partial charge in [-0.2, -0.15) is 0 Å². The van der Waals surface area contributed by atoms with Crippen LogP contribution in [0.2, 0.25) is 0 Å². The molecule has 0 aliphatic heterocycles. The van der Waals surface area contributed by atoms with Crippen molar-refractivity contribution in [1.82, 2.24) is 4.90 Å². The van der Waals surface area contributed by atoms with Crippen LogP contribution in [0, 0.1) is 0 Å². The van der Waals surface area contributed by atoms with Crippen molar-refractivity contribution in [1.29, 1.82) is 0 Å². The standard InChI is InChI=1S/C22H26N2O5/c1-5-24(15-21(25)23-17-7-6-8-18(13-17)27-2)22(26)10-9-16-11-19(28-3)14-20(12-16)29-4/h6-14H,5,15H2,1-4H3,(H,23,25). The third kappa shape index (κ3) is 6.57. The van der Waals surface area contributed by atoms with Gasteiger partial charge in [-0.3, -0.25) is 9.59 Å². The van der Waals surface area contributed by atoms with Gasteiger partial charge in [0.25, 0.3) is 0 Å². The molecular weight excluding hydrogens is 372 g/mol. The third-order valence-electron chi connectivity index (χ3n) is 4.17. The lowest BCUT2D eigenvalue weighted by Crippen LogP contribution is -2.36. The van der Waals surface area contributed by atoms with Gasteiger partial charge < -0.3 is 24.4 Å². The number of benzene rings is 2. The van der Waals surface area contributed by atoms with Crippen molar-refractivity contribution in [3.05, 3.63) is 54.1 Å². The van der Waals surface area contributed by atoms with Crippen molar-refractivity contribution in [2.45, 2.75) is 6.92 Å². The fourth-order valence-electron chi connectivity index (χ4n) is 2.62. The highest BCUT2D eigenvalue weighted by atomic mass is 16.5. The van der Waals surface area contributed by atoms with Gasteiger partial charge in [0.15, 0.2) is 0 Å². The van der Waals surface area contributed by atoms with E-state index in [4.69, 9.17) is 14.2 Å². The normalized spacial score (nSPS) is 10.5. The summed E-state index contributed by atoms with van der Waals surface area (Å²) in [7, 11) is 4.68. The minimum atomic E-state index is -0.287. The Bertz CT molecular complexity index is 857. The minimum absolute atomic E-state index is 0.0572. The van der Waals surface area contributed by atoms with Gasteiger partial charge in [-0.05, 0) is 42.8 Å². The van der Waals surface area contributed by atoms with Gasteiger partial charge in [0.05, 0.1) is 21.3 Å². The van der Waals surface area contributed by atoms with Crippen molar-refractivity contribution < 1.29 is 23.8 Å². The zero-order valence-electron chi connectivity index (χ0n) is 17.1. The number of likely N-dealkylation sites (N-methyl/N-ethyl adjacent to an activating group) is 1. The molecule has 2 aromatic rings. The van der Waals surface area contributed by atoms with Crippen molar-refractivity contribution in [2.75, 3.05) is 39.7 Å². The summed E-state index contributed by atoms with van der Waals surface area (Å²) in [5.41, 5.74) is 1.36. The number of carbonyl (C=O) groups is 2. The van der Waals surface area contributed by atoms with Crippen LogP contribution < -0.4 is 19.5 Å². The van der Waals surface area contributed by atoms with Gasteiger partial charge in [0.1, 0.15) is 23.8 Å². The van der Waals surface area contributed by atoms with Crippen molar-refractivity contribution in [2.24, 2.45) is 0 Å². The smallest absolute Gasteiger partial charge is 0.247 e. The molecule has 2 aromatic carbocycles. The first-order valence-corrected chi connectivity index (χ1v) is 9.13. The molecule has 29 heavy (non-hydrogen) atoms. The average molecular weight is 398 g/mol. The molecule has 2 amide bonds. The number of nitrogens with zero attached hydrogens (tertiary/aromatic N) is 1. The van der Waals surface area contributed by atoms with E-state index in [2.05, 4.69) is 5.32 Å². The van der Waals surface area contributed by atoms with Gasteiger partial charge in [-0.15, -0.1) is 0 Å². The molecular formula is C22H26N2O5. The van der Waals surface area contributed by atoms with Crippen LogP contribution in [-0.4, -0.2) is 51.1 Å². The maximum Gasteiger partial charge on any atom is 0.247 e. The van der Waals surface area contributed by atoms with Crippen LogP contribution in [0.1, 0.15) is 12.5 Å². The summed E-state index contributed by atoms with van der Waals surface area (Å²) in [6.45, 7) is 2.16. The Balaban J connectivity index is 2.02. The number of carbonyl (C=O) groups excluding carboxylic acids is 2. The van der Waals surface area contributed by atoms with E-state index in [1.165, 1.54) is 11.0 Å². The lowest BCUT2D eigenvalue weighted by molar-refractivity contribution is -0.130. The molecule has 0 radical (unpaired) electrons. The molecule has 0 bridgehead atoms. The van der Waals surface area contributed by atoms with Crippen LogP contribution in [0.4, 0.5) is 5.69 Å². The number of nitrogens with one attached hydrogen (secondary N) is 1. The Kier molecular flexibility index (Phi) is 8.09. The summed E-state index contributed by atoms with van der Waals surface area (Å²) in [6.07, 6.45) is 3.09. The van der Waals surface area contributed by atoms with Gasteiger partial charge in [0, 0.05) is 30.4 Å². The summed E-state index contributed by atoms with van der Waals surface area (Å²) in [6, 6.07) is 12.4. The minimum Gasteiger partial charge on any atom is -0.497 e. The SMILES string of the molecule is CCN(CC(=O)Nc1cccc(OC)c1)C(=O)C=Cc1cc(OC)cc(OC)c1. The fourth-order valence-corrected chi connectivity index (χ4v) is 2.62. The summed E-state index contributed by atoms with van der Waals surface area (Å²) in [5, 5.41) is 2.77. The number of amides is 2. The Morgan fingerprint density at radius 1 is 0.966 bits per heavy atom. The molecule has 0 saturated heterocycles. The molecule has 0 unspecified atom stereocenters. The topological polar surface area (TPSA) is 77.1 Å². The van der Waals surface area contributed by atoms with Gasteiger partial charge in [-0.25, -0.2) is 0 Å². The lowest BCUT2D eigenvalue weighted by Gasteiger charge is -2.18. The van der Waals surface area contributed by atoms with E-state index in [0.29, 0.717) is 29.5 Å². The molecule has 7 heteroatoms. The summed E-state index contributed by atoms with van der Waals surface area (Å²) >= 11 is 0. The van der Waals surface area contributed by atoms with E-state index in [1.807, 2.05) is 6.92 Å². The Hall–Kier alpha value is -3.48. The monoisotopic (exact) mass is 398 g/mol. The van der Waals surface area contributed by atoms with E-state index in [-0.39, 0.29) is 18.4 Å². The summed E-state index contributed by atoms with van der Waals surface area (Å²) in [4.78, 5) is 26.3. The first-order valence-electron chi connectivity index (χ1n) is 9.13. The van der Waals surface area contributed by atoms with Gasteiger partial charge in [0.2, 0.25) is 11.8 Å². The van der Waals surface area contributed by atoms with Crippen LogP contribution in [-0.2, 0) is 9.59 Å². The second-order valence-electron chi connectivity index (χ2n) is 6.11. The molecule has 7 nitrogen and oxygen atoms in total. The highest BCUT2D eigenvalue weighted by Gasteiger charge is 2.14. The molecule has 0 aliphatic carbocycles. The number of ether oxygens (including phenoxy) is 3. The van der Waals surface area contributed by atoms with Crippen molar-refractivity contribution in [3.63, 3.8) is 0 Å². The van der Waals surface area contributed by atoms with Crippen molar-refractivity contribution in [3.8, 4) is 17.2 Å². The lowest BCUT2D eigenvalue weighted by atomic mass is 10.2. The van der Waals surface area contributed by atoms with Crippen molar-refractivity contribution >= 4 is 23.6 Å². The quantitative estimate of drug-likeness (QED) is 0.657. The zero-order chi connectivity index (χ0) is 21.2. The fraction of sp³-hybridized carbons (Fsp3) is 0.273. The Morgan fingerprint density at radius 3 is 2.21 bits per heavy atom. The second kappa shape index (κ2) is 10.8. The van der Waals surface area contributed by atoms with Gasteiger partial charge >= 0.3 is 0 Å². The molecule has 0 atom stereocenters. The van der Waals surface area contributed by atoms with E-state index in [1.54, 1.807) is 69.9 Å². The molecule has 2 rings (SSSR count). The van der Waals surface area contributed by atoms with Crippen LogP contribution in [0.5, 0.6) is 17.2 Å². The third-order valence-corrected chi connectivity index (χ3v) is 4.17. The van der Waals surface area contributed by atoms with Crippen LogP contribution in [0.25, 0.3) is 6.08 Å². The maximum atomic E-state index is 12.5. The van der Waals surface area contributed by atoms with E-state index in [0.717, 1.165) is 5.56 Å². The van der Waals surface area contributed by atoms with Crippen LogP contribution >= 0.6 is 0 Å². The number of rotatable bonds is 9. The van der Waals surface area contributed by atoms with Crippen LogP contribution in [0.15, 0.2) is 48.5 Å². The van der Waals surface area contributed by atoms with Crippen LogP contribution in [0.3, 0.4) is 0 Å². The molecule has 1 N–H and O–H groups in total. The number of methoxy groups -OCH3 is 3. The first-order chi connectivity index (χ1) is 14.0. The summed E-state index contributed by atoms with van der Waals surface area (Å²) in [5.74, 6) is 1.34. The molecule has 0 saturated carbocycles. The maximum absolute atomic E-state index is 12.5. The highest BCUT2D eigenvalue weighted by molar-refractivity contribution is 5.98. The molecule has 0 aliphatic rings. The van der Waals surface area contributed by atoms with E-state index >= 15 is 0 Å². The molecule has 0 aromatic heterocycles. The van der Waals surface area contributed by atoms with E-state index < -0.39 is 0 Å². The molecule has 0 spiro atoms. The Morgan fingerprint density at radius 2 is 1.62 bits per heavy atom. The summed E-state index contributed by atoms with van der Waals surface area (Å²) < 4.78 is 15.6. The first kappa shape index (κ1) is 21.8. The van der Waals surface area contributed by atoms with Gasteiger partial charge in [-0.1, -0.05) is 6.07 Å².